The van der Waals surface area contributed by atoms with Gasteiger partial charge in [0.1, 0.15) is 34.4 Å². The van der Waals surface area contributed by atoms with Crippen molar-refractivity contribution in [1.29, 1.82) is 10.5 Å². The minimum absolute atomic E-state index is 0.0183. The van der Waals surface area contributed by atoms with E-state index in [9.17, 15) is 19.7 Å². The molecular formula is C21H11Cl2FN4OS. The minimum Gasteiger partial charge on any atom is -0.383 e. The fourth-order valence-electron chi connectivity index (χ4n) is 2.74. The third kappa shape index (κ3) is 4.24. The summed E-state index contributed by atoms with van der Waals surface area (Å²) >= 11 is 12.6. The summed E-state index contributed by atoms with van der Waals surface area (Å²) in [4.78, 5) is 16.7. The number of hydrogen-bond donors (Lipinski definition) is 1. The molecule has 2 aromatic carbocycles. The Kier molecular flexibility index (Phi) is 6.59. The van der Waals surface area contributed by atoms with Gasteiger partial charge >= 0.3 is 0 Å². The molecule has 0 bridgehead atoms. The summed E-state index contributed by atoms with van der Waals surface area (Å²) in [7, 11) is 0. The first kappa shape index (κ1) is 21.6. The lowest BCUT2D eigenvalue weighted by atomic mass is 9.97. The lowest BCUT2D eigenvalue weighted by molar-refractivity contribution is 0.102. The molecule has 0 aliphatic rings. The van der Waals surface area contributed by atoms with E-state index in [0.29, 0.717) is 11.1 Å². The van der Waals surface area contributed by atoms with E-state index in [-0.39, 0.29) is 43.3 Å². The summed E-state index contributed by atoms with van der Waals surface area (Å²) in [6.45, 7) is 0. The number of benzene rings is 2. The molecule has 0 aliphatic heterocycles. The molecule has 0 saturated carbocycles. The number of carbonyl (C=O) groups is 1. The van der Waals surface area contributed by atoms with Crippen molar-refractivity contribution < 1.29 is 9.18 Å². The number of nitriles is 2. The molecule has 0 radical (unpaired) electrons. The van der Waals surface area contributed by atoms with E-state index in [2.05, 4.69) is 11.1 Å². The Bertz CT molecular complexity index is 1240. The monoisotopic (exact) mass is 456 g/mol. The normalized spacial score (nSPS) is 10.3. The maximum absolute atomic E-state index is 13.7. The van der Waals surface area contributed by atoms with Crippen molar-refractivity contribution in [2.45, 2.75) is 5.03 Å². The van der Waals surface area contributed by atoms with E-state index < -0.39 is 11.6 Å². The molecule has 0 atom stereocenters. The Labute approximate surface area is 185 Å². The fourth-order valence-corrected chi connectivity index (χ4v) is 4.11. The molecule has 3 aromatic rings. The number of nitrogens with two attached hydrogens (primary N) is 1. The van der Waals surface area contributed by atoms with E-state index in [1.165, 1.54) is 0 Å². The van der Waals surface area contributed by atoms with Gasteiger partial charge in [0.05, 0.1) is 21.4 Å². The van der Waals surface area contributed by atoms with Gasteiger partial charge in [0, 0.05) is 11.1 Å². The van der Waals surface area contributed by atoms with Crippen LogP contribution >= 0.6 is 35.0 Å². The number of Topliss-reactive ketones (excluding diaryl/α,β-unsaturated/α-hetero) is 1. The van der Waals surface area contributed by atoms with E-state index in [0.717, 1.165) is 23.9 Å². The van der Waals surface area contributed by atoms with E-state index in [1.54, 1.807) is 30.3 Å². The van der Waals surface area contributed by atoms with Crippen molar-refractivity contribution in [3.63, 3.8) is 0 Å². The number of halogens is 3. The second kappa shape index (κ2) is 9.15. The summed E-state index contributed by atoms with van der Waals surface area (Å²) in [6.07, 6.45) is 0. The van der Waals surface area contributed by atoms with Crippen LogP contribution in [0.2, 0.25) is 10.0 Å². The smallest absolute Gasteiger partial charge is 0.174 e. The minimum atomic E-state index is -0.765. The highest BCUT2D eigenvalue weighted by Gasteiger charge is 2.22. The molecular weight excluding hydrogens is 446 g/mol. The van der Waals surface area contributed by atoms with Gasteiger partial charge in [-0.05, 0) is 17.7 Å². The Morgan fingerprint density at radius 1 is 1.10 bits per heavy atom. The standard InChI is InChI=1S/C21H11Cl2FN4OS/c22-15-7-16(23)17(24)6-12(15)18(29)10-30-21-14(9-26)19(11-4-2-1-3-5-11)13(8-25)20(27)28-21/h1-7H,10H2,(H2,27,28). The third-order valence-electron chi connectivity index (χ3n) is 4.13. The number of hydrogen-bond acceptors (Lipinski definition) is 6. The molecule has 0 amide bonds. The summed E-state index contributed by atoms with van der Waals surface area (Å²) in [5.41, 5.74) is 7.08. The van der Waals surface area contributed by atoms with Gasteiger partial charge in [-0.1, -0.05) is 65.3 Å². The van der Waals surface area contributed by atoms with Crippen molar-refractivity contribution in [2.75, 3.05) is 11.5 Å². The zero-order valence-electron chi connectivity index (χ0n) is 15.1. The number of anilines is 1. The number of nitrogens with zero attached hydrogens (tertiary/aromatic N) is 3. The highest BCUT2D eigenvalue weighted by molar-refractivity contribution is 8.00. The molecule has 5 nitrogen and oxygen atoms in total. The molecule has 0 spiro atoms. The van der Waals surface area contributed by atoms with Gasteiger partial charge in [-0.2, -0.15) is 10.5 Å². The number of rotatable bonds is 5. The number of ketones is 1. The van der Waals surface area contributed by atoms with Crippen molar-refractivity contribution in [3.05, 3.63) is 75.0 Å². The lowest BCUT2D eigenvalue weighted by Crippen LogP contribution is -2.07. The zero-order chi connectivity index (χ0) is 21.8. The average molecular weight is 457 g/mol. The Balaban J connectivity index is 2.01. The predicted octanol–water partition coefficient (Wildman–Crippen LogP) is 5.50. The number of aromatic nitrogens is 1. The maximum atomic E-state index is 13.7. The van der Waals surface area contributed by atoms with Gasteiger partial charge in [0.25, 0.3) is 0 Å². The maximum Gasteiger partial charge on any atom is 0.174 e. The van der Waals surface area contributed by atoms with Crippen LogP contribution in [-0.4, -0.2) is 16.5 Å². The van der Waals surface area contributed by atoms with Crippen molar-refractivity contribution in [1.82, 2.24) is 4.98 Å². The molecule has 30 heavy (non-hydrogen) atoms. The molecule has 9 heteroatoms. The predicted molar refractivity (Wildman–Crippen MR) is 115 cm³/mol. The first-order valence-corrected chi connectivity index (χ1v) is 10.1. The molecule has 148 valence electrons. The molecule has 0 saturated heterocycles. The molecule has 0 unspecified atom stereocenters. The SMILES string of the molecule is N#Cc1c(N)nc(SCC(=O)c2cc(F)c(Cl)cc2Cl)c(C#N)c1-c1ccccc1. The molecule has 0 fully saturated rings. The first-order valence-electron chi connectivity index (χ1n) is 8.37. The fraction of sp³-hybridized carbons (Fsp3) is 0.0476. The van der Waals surface area contributed by atoms with Gasteiger partial charge in [-0.15, -0.1) is 0 Å². The van der Waals surface area contributed by atoms with Crippen LogP contribution in [0.15, 0.2) is 47.5 Å². The van der Waals surface area contributed by atoms with E-state index in [4.69, 9.17) is 28.9 Å². The summed E-state index contributed by atoms with van der Waals surface area (Å²) < 4.78 is 13.7. The van der Waals surface area contributed by atoms with Crippen LogP contribution in [0.3, 0.4) is 0 Å². The summed E-state index contributed by atoms with van der Waals surface area (Å²) in [6, 6.07) is 15.0. The van der Waals surface area contributed by atoms with Crippen molar-refractivity contribution >= 4 is 46.6 Å². The van der Waals surface area contributed by atoms with Crippen molar-refractivity contribution in [3.8, 4) is 23.3 Å². The Morgan fingerprint density at radius 3 is 2.40 bits per heavy atom. The van der Waals surface area contributed by atoms with Crippen LogP contribution in [0.1, 0.15) is 21.5 Å². The summed E-state index contributed by atoms with van der Waals surface area (Å²) in [5.74, 6) is -1.47. The largest absolute Gasteiger partial charge is 0.383 e. The van der Waals surface area contributed by atoms with E-state index >= 15 is 0 Å². The van der Waals surface area contributed by atoms with Crippen molar-refractivity contribution in [2.24, 2.45) is 0 Å². The van der Waals surface area contributed by atoms with E-state index in [1.807, 2.05) is 6.07 Å². The van der Waals surface area contributed by atoms with Crippen LogP contribution in [0.25, 0.3) is 11.1 Å². The topological polar surface area (TPSA) is 104 Å². The molecule has 3 rings (SSSR count). The molecule has 1 heterocycles. The van der Waals surface area contributed by atoms with Gasteiger partial charge < -0.3 is 5.73 Å². The second-order valence-corrected chi connectivity index (χ2v) is 7.75. The second-order valence-electron chi connectivity index (χ2n) is 5.97. The molecule has 1 aromatic heterocycles. The Morgan fingerprint density at radius 2 is 1.77 bits per heavy atom. The van der Waals surface area contributed by atoms with Crippen LogP contribution < -0.4 is 5.73 Å². The van der Waals surface area contributed by atoms with Crippen LogP contribution in [0, 0.1) is 28.5 Å². The lowest BCUT2D eigenvalue weighted by Gasteiger charge is -2.13. The number of carbonyl (C=O) groups excluding carboxylic acids is 1. The third-order valence-corrected chi connectivity index (χ3v) is 5.71. The van der Waals surface area contributed by atoms with Gasteiger partial charge in [-0.3, -0.25) is 4.79 Å². The molecule has 0 aliphatic carbocycles. The highest BCUT2D eigenvalue weighted by atomic mass is 35.5. The highest BCUT2D eigenvalue weighted by Crippen LogP contribution is 2.36. The number of nitrogen functional groups attached to an aromatic ring is 1. The quantitative estimate of drug-likeness (QED) is 0.309. The van der Waals surface area contributed by atoms with Gasteiger partial charge in [0.15, 0.2) is 5.78 Å². The average Bonchev–Trinajstić information content (AvgIpc) is 2.74. The van der Waals surface area contributed by atoms with Crippen LogP contribution in [0.5, 0.6) is 0 Å². The summed E-state index contributed by atoms with van der Waals surface area (Å²) in [5, 5.41) is 19.3. The van der Waals surface area contributed by atoms with Crippen LogP contribution in [-0.2, 0) is 0 Å². The number of thioether (sulfide) groups is 1. The van der Waals surface area contributed by atoms with Crippen LogP contribution in [0.4, 0.5) is 10.2 Å². The van der Waals surface area contributed by atoms with Gasteiger partial charge in [0.2, 0.25) is 0 Å². The Hall–Kier alpha value is -3.10. The first-order chi connectivity index (χ1) is 14.4. The number of pyridine rings is 1. The molecule has 2 N–H and O–H groups in total. The zero-order valence-corrected chi connectivity index (χ0v) is 17.4. The van der Waals surface area contributed by atoms with Gasteiger partial charge in [-0.25, -0.2) is 9.37 Å².